The molecule has 100 valence electrons. The zero-order valence-electron chi connectivity index (χ0n) is 10.8. The summed E-state index contributed by atoms with van der Waals surface area (Å²) in [5, 5.41) is 1.17. The van der Waals surface area contributed by atoms with Crippen molar-refractivity contribution in [3.63, 3.8) is 0 Å². The number of nitrogen functional groups attached to an aromatic ring is 1. The second-order valence-corrected chi connectivity index (χ2v) is 5.95. The van der Waals surface area contributed by atoms with Crippen molar-refractivity contribution in [2.75, 3.05) is 30.0 Å². The number of hydrogen-bond acceptors (Lipinski definition) is 5. The average molecular weight is 274 g/mol. The number of nitrogens with one attached hydrogen (secondary N) is 1. The molecule has 2 aromatic rings. The van der Waals surface area contributed by atoms with Gasteiger partial charge in [0.2, 0.25) is 0 Å². The number of hydrazine groups is 1. The predicted octanol–water partition coefficient (Wildman–Crippen LogP) is 2.07. The minimum atomic E-state index is 0.789. The van der Waals surface area contributed by atoms with E-state index in [0.29, 0.717) is 0 Å². The SMILES string of the molecule is NNc1nc2ccccc2cc1CN1CCSCC1. The molecule has 0 atom stereocenters. The molecule has 0 bridgehead atoms. The van der Waals surface area contributed by atoms with Crippen LogP contribution in [0.25, 0.3) is 10.9 Å². The molecule has 0 unspecified atom stereocenters. The first-order valence-electron chi connectivity index (χ1n) is 6.52. The largest absolute Gasteiger partial charge is 0.308 e. The van der Waals surface area contributed by atoms with Gasteiger partial charge >= 0.3 is 0 Å². The Morgan fingerprint density at radius 2 is 2.05 bits per heavy atom. The van der Waals surface area contributed by atoms with Gasteiger partial charge in [0.25, 0.3) is 0 Å². The highest BCUT2D eigenvalue weighted by Gasteiger charge is 2.14. The number of hydrogen-bond donors (Lipinski definition) is 2. The van der Waals surface area contributed by atoms with E-state index in [1.807, 2.05) is 30.0 Å². The summed E-state index contributed by atoms with van der Waals surface area (Å²) in [6.45, 7) is 3.20. The van der Waals surface area contributed by atoms with Crippen LogP contribution in [0.15, 0.2) is 30.3 Å². The zero-order valence-corrected chi connectivity index (χ0v) is 11.6. The highest BCUT2D eigenvalue weighted by atomic mass is 32.2. The van der Waals surface area contributed by atoms with Crippen LogP contribution in [0.1, 0.15) is 5.56 Å². The van der Waals surface area contributed by atoms with Crippen LogP contribution in [0.4, 0.5) is 5.82 Å². The van der Waals surface area contributed by atoms with Crippen LogP contribution >= 0.6 is 11.8 Å². The molecule has 1 fully saturated rings. The van der Waals surface area contributed by atoms with Gasteiger partial charge in [-0.15, -0.1) is 0 Å². The normalized spacial score (nSPS) is 16.7. The Kier molecular flexibility index (Phi) is 3.87. The zero-order chi connectivity index (χ0) is 13.1. The smallest absolute Gasteiger partial charge is 0.145 e. The molecule has 1 aromatic carbocycles. The number of benzene rings is 1. The van der Waals surface area contributed by atoms with Crippen LogP contribution in [0.3, 0.4) is 0 Å². The van der Waals surface area contributed by atoms with Crippen molar-refractivity contribution in [3.8, 4) is 0 Å². The van der Waals surface area contributed by atoms with Gasteiger partial charge in [0.05, 0.1) is 5.52 Å². The van der Waals surface area contributed by atoms with Crippen molar-refractivity contribution in [2.45, 2.75) is 6.54 Å². The predicted molar refractivity (Wildman–Crippen MR) is 82.2 cm³/mol. The number of para-hydroxylation sites is 1. The summed E-state index contributed by atoms with van der Waals surface area (Å²) in [6, 6.07) is 10.3. The molecule has 19 heavy (non-hydrogen) atoms. The highest BCUT2D eigenvalue weighted by molar-refractivity contribution is 7.99. The van der Waals surface area contributed by atoms with Crippen molar-refractivity contribution in [2.24, 2.45) is 5.84 Å². The van der Waals surface area contributed by atoms with Gasteiger partial charge in [0.1, 0.15) is 5.82 Å². The molecule has 0 amide bonds. The number of anilines is 1. The summed E-state index contributed by atoms with van der Waals surface area (Å²) in [5.41, 5.74) is 4.89. The number of aromatic nitrogens is 1. The molecule has 1 aromatic heterocycles. The van der Waals surface area contributed by atoms with E-state index in [2.05, 4.69) is 27.4 Å². The molecular weight excluding hydrogens is 256 g/mol. The second kappa shape index (κ2) is 5.77. The Hall–Kier alpha value is -1.30. The Bertz CT molecular complexity index is 566. The van der Waals surface area contributed by atoms with Crippen molar-refractivity contribution in [3.05, 3.63) is 35.9 Å². The van der Waals surface area contributed by atoms with Crippen LogP contribution in [-0.2, 0) is 6.54 Å². The minimum absolute atomic E-state index is 0.789. The van der Waals surface area contributed by atoms with E-state index in [1.54, 1.807) is 0 Å². The molecule has 1 aliphatic heterocycles. The summed E-state index contributed by atoms with van der Waals surface area (Å²) in [4.78, 5) is 7.05. The maximum absolute atomic E-state index is 5.61. The Morgan fingerprint density at radius 1 is 1.26 bits per heavy atom. The first kappa shape index (κ1) is 12.7. The van der Waals surface area contributed by atoms with E-state index < -0.39 is 0 Å². The first-order valence-corrected chi connectivity index (χ1v) is 7.67. The topological polar surface area (TPSA) is 54.2 Å². The van der Waals surface area contributed by atoms with Gasteiger partial charge in [0.15, 0.2) is 0 Å². The maximum atomic E-state index is 5.61. The van der Waals surface area contributed by atoms with E-state index in [9.17, 15) is 0 Å². The van der Waals surface area contributed by atoms with E-state index in [0.717, 1.165) is 31.0 Å². The van der Waals surface area contributed by atoms with Crippen molar-refractivity contribution >= 4 is 28.5 Å². The van der Waals surface area contributed by atoms with Gasteiger partial charge in [-0.05, 0) is 12.1 Å². The molecule has 0 saturated carbocycles. The van der Waals surface area contributed by atoms with E-state index in [1.165, 1.54) is 22.5 Å². The summed E-state index contributed by atoms with van der Waals surface area (Å²) in [6.07, 6.45) is 0. The van der Waals surface area contributed by atoms with Crippen molar-refractivity contribution in [1.82, 2.24) is 9.88 Å². The molecule has 3 N–H and O–H groups in total. The molecule has 0 aliphatic carbocycles. The first-order chi connectivity index (χ1) is 9.36. The Morgan fingerprint density at radius 3 is 2.84 bits per heavy atom. The van der Waals surface area contributed by atoms with Gasteiger partial charge in [0, 0.05) is 42.1 Å². The monoisotopic (exact) mass is 274 g/mol. The molecule has 3 rings (SSSR count). The molecule has 1 saturated heterocycles. The third kappa shape index (κ3) is 2.83. The summed E-state index contributed by atoms with van der Waals surface area (Å²) in [7, 11) is 0. The summed E-state index contributed by atoms with van der Waals surface area (Å²) >= 11 is 2.02. The van der Waals surface area contributed by atoms with E-state index >= 15 is 0 Å². The lowest BCUT2D eigenvalue weighted by atomic mass is 10.1. The number of nitrogens with zero attached hydrogens (tertiary/aromatic N) is 2. The number of rotatable bonds is 3. The van der Waals surface area contributed by atoms with Crippen molar-refractivity contribution in [1.29, 1.82) is 0 Å². The van der Waals surface area contributed by atoms with E-state index in [4.69, 9.17) is 5.84 Å². The molecule has 0 radical (unpaired) electrons. The Balaban J connectivity index is 1.91. The van der Waals surface area contributed by atoms with Crippen LogP contribution in [0.5, 0.6) is 0 Å². The fourth-order valence-corrected chi connectivity index (χ4v) is 3.38. The molecule has 2 heterocycles. The van der Waals surface area contributed by atoms with Gasteiger partial charge in [-0.1, -0.05) is 18.2 Å². The number of nitrogens with two attached hydrogens (primary N) is 1. The van der Waals surface area contributed by atoms with Gasteiger partial charge in [-0.3, -0.25) is 4.90 Å². The molecular formula is C14H18N4S. The lowest BCUT2D eigenvalue weighted by Crippen LogP contribution is -2.32. The molecule has 5 heteroatoms. The molecule has 4 nitrogen and oxygen atoms in total. The third-order valence-electron chi connectivity index (χ3n) is 3.44. The van der Waals surface area contributed by atoms with Gasteiger partial charge in [-0.2, -0.15) is 11.8 Å². The average Bonchev–Trinajstić information content (AvgIpc) is 2.47. The van der Waals surface area contributed by atoms with Crippen LogP contribution in [0, 0.1) is 0 Å². The summed E-state index contributed by atoms with van der Waals surface area (Å²) < 4.78 is 0. The number of pyridine rings is 1. The molecule has 0 spiro atoms. The quantitative estimate of drug-likeness (QED) is 0.663. The van der Waals surface area contributed by atoms with E-state index in [-0.39, 0.29) is 0 Å². The lowest BCUT2D eigenvalue weighted by Gasteiger charge is -2.26. The molecule has 1 aliphatic rings. The minimum Gasteiger partial charge on any atom is -0.308 e. The maximum Gasteiger partial charge on any atom is 0.145 e. The fraction of sp³-hybridized carbons (Fsp3) is 0.357. The lowest BCUT2D eigenvalue weighted by molar-refractivity contribution is 0.295. The van der Waals surface area contributed by atoms with Gasteiger partial charge in [-0.25, -0.2) is 10.8 Å². The van der Waals surface area contributed by atoms with Crippen LogP contribution in [0.2, 0.25) is 0 Å². The van der Waals surface area contributed by atoms with Crippen LogP contribution in [-0.4, -0.2) is 34.5 Å². The second-order valence-electron chi connectivity index (χ2n) is 4.72. The van der Waals surface area contributed by atoms with Gasteiger partial charge < -0.3 is 5.43 Å². The third-order valence-corrected chi connectivity index (χ3v) is 4.38. The number of thioether (sulfide) groups is 1. The number of fused-ring (bicyclic) bond motifs is 1. The van der Waals surface area contributed by atoms with Crippen LogP contribution < -0.4 is 11.3 Å². The standard InChI is InChI=1S/C14H18N4S/c15-17-14-12(10-18-5-7-19-8-6-18)9-11-3-1-2-4-13(11)16-14/h1-4,9H,5-8,10,15H2,(H,16,17). The fourth-order valence-electron chi connectivity index (χ4n) is 2.41. The highest BCUT2D eigenvalue weighted by Crippen LogP contribution is 2.22. The Labute approximate surface area is 117 Å². The summed E-state index contributed by atoms with van der Waals surface area (Å²) in [5.74, 6) is 8.83. The van der Waals surface area contributed by atoms with Crippen molar-refractivity contribution < 1.29 is 0 Å².